The van der Waals surface area contributed by atoms with E-state index in [2.05, 4.69) is 57.2 Å². The van der Waals surface area contributed by atoms with Crippen molar-refractivity contribution in [3.8, 4) is 0 Å². The van der Waals surface area contributed by atoms with Gasteiger partial charge in [-0.2, -0.15) is 0 Å². The van der Waals surface area contributed by atoms with Crippen LogP contribution in [0.2, 0.25) is 0 Å². The van der Waals surface area contributed by atoms with Crippen LogP contribution in [-0.2, 0) is 23.8 Å². The lowest BCUT2D eigenvalue weighted by Crippen LogP contribution is -2.30. The average molecular weight is 731 g/mol. The maximum absolute atomic E-state index is 12.7. The Kier molecular flexibility index (Phi) is 42.0. The highest BCUT2D eigenvalue weighted by Crippen LogP contribution is 2.14. The highest BCUT2D eigenvalue weighted by Gasteiger charge is 2.17. The summed E-state index contributed by atoms with van der Waals surface area (Å²) < 4.78 is 17.3. The van der Waals surface area contributed by atoms with Gasteiger partial charge in [0.2, 0.25) is 0 Å². The molecule has 0 aromatic rings. The van der Waals surface area contributed by atoms with Crippen molar-refractivity contribution < 1.29 is 23.8 Å². The minimum Gasteiger partial charge on any atom is -0.462 e. The third-order valence-corrected chi connectivity index (χ3v) is 9.69. The summed E-state index contributed by atoms with van der Waals surface area (Å²) in [6, 6.07) is 0. The Balaban J connectivity index is 4.20. The molecule has 0 aliphatic heterocycles. The van der Waals surface area contributed by atoms with Gasteiger partial charge in [0.05, 0.1) is 6.61 Å². The van der Waals surface area contributed by atoms with Crippen molar-refractivity contribution in [3.63, 3.8) is 0 Å². The van der Waals surface area contributed by atoms with E-state index in [4.69, 9.17) is 14.2 Å². The van der Waals surface area contributed by atoms with Crippen molar-refractivity contribution in [1.82, 2.24) is 0 Å². The summed E-state index contributed by atoms with van der Waals surface area (Å²) in [5.41, 5.74) is 0. The Labute approximate surface area is 323 Å². The zero-order chi connectivity index (χ0) is 37.8. The van der Waals surface area contributed by atoms with Gasteiger partial charge >= 0.3 is 11.9 Å². The van der Waals surface area contributed by atoms with E-state index in [-0.39, 0.29) is 25.2 Å². The van der Waals surface area contributed by atoms with Gasteiger partial charge in [0.25, 0.3) is 0 Å². The largest absolute Gasteiger partial charge is 0.462 e. The summed E-state index contributed by atoms with van der Waals surface area (Å²) in [7, 11) is 0. The molecule has 0 aromatic heterocycles. The number of carbonyl (C=O) groups excluding carboxylic acids is 2. The number of hydrogen-bond donors (Lipinski definition) is 0. The molecule has 0 radical (unpaired) electrons. The molecule has 304 valence electrons. The second-order valence-corrected chi connectivity index (χ2v) is 14.9. The smallest absolute Gasteiger partial charge is 0.306 e. The molecule has 52 heavy (non-hydrogen) atoms. The molecular formula is C47H86O5. The van der Waals surface area contributed by atoms with Crippen molar-refractivity contribution in [2.75, 3.05) is 19.8 Å². The molecule has 5 heteroatoms. The van der Waals surface area contributed by atoms with E-state index in [1.165, 1.54) is 122 Å². The number of hydrogen-bond acceptors (Lipinski definition) is 5. The van der Waals surface area contributed by atoms with Gasteiger partial charge in [-0.3, -0.25) is 9.59 Å². The number of esters is 2. The summed E-state index contributed by atoms with van der Waals surface area (Å²) in [4.78, 5) is 25.2. The van der Waals surface area contributed by atoms with Gasteiger partial charge < -0.3 is 14.2 Å². The van der Waals surface area contributed by atoms with E-state index in [0.29, 0.717) is 19.4 Å². The van der Waals surface area contributed by atoms with E-state index in [1.54, 1.807) is 0 Å². The van der Waals surface area contributed by atoms with Crippen molar-refractivity contribution in [1.29, 1.82) is 0 Å². The molecule has 0 N–H and O–H groups in total. The van der Waals surface area contributed by atoms with E-state index in [9.17, 15) is 9.59 Å². The van der Waals surface area contributed by atoms with Crippen LogP contribution in [0.3, 0.4) is 0 Å². The van der Waals surface area contributed by atoms with Crippen molar-refractivity contribution in [2.45, 2.75) is 232 Å². The van der Waals surface area contributed by atoms with Gasteiger partial charge in [-0.25, -0.2) is 0 Å². The van der Waals surface area contributed by atoms with Gasteiger partial charge in [0.15, 0.2) is 6.10 Å². The zero-order valence-electron chi connectivity index (χ0n) is 34.8. The van der Waals surface area contributed by atoms with E-state index in [1.807, 2.05) is 0 Å². The van der Waals surface area contributed by atoms with Crippen molar-refractivity contribution in [3.05, 3.63) is 36.5 Å². The molecule has 0 saturated heterocycles. The normalized spacial score (nSPS) is 12.4. The minimum absolute atomic E-state index is 0.0809. The highest BCUT2D eigenvalue weighted by molar-refractivity contribution is 5.70. The quantitative estimate of drug-likeness (QED) is 0.0356. The zero-order valence-corrected chi connectivity index (χ0v) is 34.8. The van der Waals surface area contributed by atoms with Gasteiger partial charge in [-0.1, -0.05) is 198 Å². The monoisotopic (exact) mass is 731 g/mol. The maximum Gasteiger partial charge on any atom is 0.306 e. The van der Waals surface area contributed by atoms with Gasteiger partial charge in [0, 0.05) is 19.4 Å². The van der Waals surface area contributed by atoms with E-state index >= 15 is 0 Å². The fraction of sp³-hybridized carbons (Fsp3) is 0.830. The Morgan fingerprint density at radius 1 is 0.442 bits per heavy atom. The molecule has 5 nitrogen and oxygen atoms in total. The first kappa shape index (κ1) is 50.1. The number of unbranched alkanes of at least 4 members (excludes halogenated alkanes) is 24. The first-order valence-electron chi connectivity index (χ1n) is 22.5. The Bertz CT molecular complexity index is 832. The Morgan fingerprint density at radius 2 is 0.865 bits per heavy atom. The molecule has 0 spiro atoms. The Hall–Kier alpha value is -1.88. The van der Waals surface area contributed by atoms with Crippen LogP contribution in [0, 0.1) is 0 Å². The van der Waals surface area contributed by atoms with Gasteiger partial charge in [-0.05, 0) is 51.4 Å². The number of allylic oxidation sites excluding steroid dienone is 6. The van der Waals surface area contributed by atoms with Crippen LogP contribution in [0.25, 0.3) is 0 Å². The van der Waals surface area contributed by atoms with Crippen LogP contribution in [0.1, 0.15) is 226 Å². The molecule has 0 heterocycles. The lowest BCUT2D eigenvalue weighted by molar-refractivity contribution is -0.163. The summed E-state index contributed by atoms with van der Waals surface area (Å²) in [5, 5.41) is 0. The molecule has 0 rings (SSSR count). The molecule has 0 aliphatic carbocycles. The third kappa shape index (κ3) is 40.9. The molecule has 0 aliphatic rings. The maximum atomic E-state index is 12.7. The van der Waals surface area contributed by atoms with Crippen molar-refractivity contribution in [2.24, 2.45) is 0 Å². The SMILES string of the molecule is CC/C=C\C/C=C\C/C=C\CCCCCCCC(=O)OCC(COCCCCCCCCCC)OC(=O)CCCCCCCCCCCCCCC. The second-order valence-electron chi connectivity index (χ2n) is 14.9. The molecule has 0 fully saturated rings. The fourth-order valence-corrected chi connectivity index (χ4v) is 6.35. The molecule has 1 atom stereocenters. The van der Waals surface area contributed by atoms with Crippen LogP contribution >= 0.6 is 0 Å². The van der Waals surface area contributed by atoms with E-state index < -0.39 is 6.10 Å². The van der Waals surface area contributed by atoms with Crippen LogP contribution in [0.4, 0.5) is 0 Å². The highest BCUT2D eigenvalue weighted by atomic mass is 16.6. The first-order chi connectivity index (χ1) is 25.6. The standard InChI is InChI=1S/C47H86O5/c1-4-7-10-13-16-19-21-23-24-26-27-29-31-34-37-40-46(48)51-44-45(43-50-42-39-36-33-18-15-12-9-6-3)52-47(49)41-38-35-32-30-28-25-22-20-17-14-11-8-5-2/h7,10,16,19,23-24,45H,4-6,8-9,11-15,17-18,20-22,25-44H2,1-3H3/b10-7-,19-16-,24-23-. The molecule has 0 bridgehead atoms. The van der Waals surface area contributed by atoms with Crippen LogP contribution in [0.15, 0.2) is 36.5 Å². The first-order valence-corrected chi connectivity index (χ1v) is 22.5. The predicted octanol–water partition coefficient (Wildman–Crippen LogP) is 14.7. The lowest BCUT2D eigenvalue weighted by Gasteiger charge is -2.18. The average Bonchev–Trinajstić information content (AvgIpc) is 3.14. The second kappa shape index (κ2) is 43.5. The summed E-state index contributed by atoms with van der Waals surface area (Å²) >= 11 is 0. The summed E-state index contributed by atoms with van der Waals surface area (Å²) in [5.74, 6) is -0.410. The minimum atomic E-state index is -0.533. The van der Waals surface area contributed by atoms with Gasteiger partial charge in [0.1, 0.15) is 6.61 Å². The lowest BCUT2D eigenvalue weighted by atomic mass is 10.0. The third-order valence-electron chi connectivity index (χ3n) is 9.69. The summed E-state index contributed by atoms with van der Waals surface area (Å²) in [6.07, 6.45) is 49.9. The fourth-order valence-electron chi connectivity index (χ4n) is 6.35. The topological polar surface area (TPSA) is 61.8 Å². The van der Waals surface area contributed by atoms with Crippen molar-refractivity contribution >= 4 is 11.9 Å². The van der Waals surface area contributed by atoms with Crippen LogP contribution in [0.5, 0.6) is 0 Å². The molecule has 0 aromatic carbocycles. The molecule has 0 saturated carbocycles. The number of rotatable bonds is 41. The van der Waals surface area contributed by atoms with E-state index in [0.717, 1.165) is 70.6 Å². The van der Waals surface area contributed by atoms with Gasteiger partial charge in [-0.15, -0.1) is 0 Å². The molecule has 1 unspecified atom stereocenters. The van der Waals surface area contributed by atoms with Crippen LogP contribution < -0.4 is 0 Å². The number of carbonyl (C=O) groups is 2. The van der Waals surface area contributed by atoms with Crippen LogP contribution in [-0.4, -0.2) is 37.9 Å². The summed E-state index contributed by atoms with van der Waals surface area (Å²) in [6.45, 7) is 7.70. The molecule has 0 amide bonds. The molecular weight excluding hydrogens is 645 g/mol. The predicted molar refractivity (Wildman–Crippen MR) is 224 cm³/mol. The Morgan fingerprint density at radius 3 is 1.38 bits per heavy atom. The number of ether oxygens (including phenoxy) is 3.